The predicted octanol–water partition coefficient (Wildman–Crippen LogP) is 2.32. The van der Waals surface area contributed by atoms with Gasteiger partial charge in [0.1, 0.15) is 0 Å². The van der Waals surface area contributed by atoms with Crippen molar-refractivity contribution in [2.45, 2.75) is 32.4 Å². The molecule has 9 heteroatoms. The Labute approximate surface area is 156 Å². The Balaban J connectivity index is 1.34. The molecular weight excluding hydrogens is 354 g/mol. The molecule has 8 nitrogen and oxygen atoms in total. The summed E-state index contributed by atoms with van der Waals surface area (Å²) in [6.07, 6.45) is 1.87. The van der Waals surface area contributed by atoms with Gasteiger partial charge in [-0.25, -0.2) is 9.78 Å². The molecule has 0 aromatic carbocycles. The molecule has 1 N–H and O–H groups in total. The normalized spacial score (nSPS) is 20.6. The van der Waals surface area contributed by atoms with Crippen molar-refractivity contribution in [1.29, 1.82) is 0 Å². The molecule has 2 aromatic heterocycles. The number of nitrogens with one attached hydrogen (secondary N) is 1. The van der Waals surface area contributed by atoms with Crippen molar-refractivity contribution < 1.29 is 14.1 Å². The zero-order chi connectivity index (χ0) is 17.9. The van der Waals surface area contributed by atoms with Gasteiger partial charge in [0.25, 0.3) is 0 Å². The lowest BCUT2D eigenvalue weighted by Gasteiger charge is -2.26. The van der Waals surface area contributed by atoms with Crippen LogP contribution >= 0.6 is 11.3 Å². The number of nitrogens with zero attached hydrogens (tertiary/aromatic N) is 4. The third-order valence-electron chi connectivity index (χ3n) is 4.73. The first kappa shape index (κ1) is 17.3. The standard InChI is InChI=1S/C17H23N5O3S/c1-12-9-15(25-20-12)14-3-2-4-22(14)16(23)18-10-13-11-26-17(19-13)21-5-7-24-8-6-21/h9,11,14H,2-8,10H2,1H3,(H,18,23). The van der Waals surface area contributed by atoms with Crippen LogP contribution in [0.2, 0.25) is 0 Å². The van der Waals surface area contributed by atoms with Crippen LogP contribution in [-0.4, -0.2) is 53.9 Å². The van der Waals surface area contributed by atoms with Gasteiger partial charge in [-0.1, -0.05) is 5.16 Å². The highest BCUT2D eigenvalue weighted by Crippen LogP contribution is 2.32. The second-order valence-electron chi connectivity index (χ2n) is 6.60. The van der Waals surface area contributed by atoms with Gasteiger partial charge in [0, 0.05) is 31.1 Å². The van der Waals surface area contributed by atoms with Crippen LogP contribution in [0.3, 0.4) is 0 Å². The number of aromatic nitrogens is 2. The average molecular weight is 377 g/mol. The summed E-state index contributed by atoms with van der Waals surface area (Å²) in [5, 5.41) is 9.93. The van der Waals surface area contributed by atoms with Crippen LogP contribution in [-0.2, 0) is 11.3 Å². The van der Waals surface area contributed by atoms with E-state index in [-0.39, 0.29) is 12.1 Å². The van der Waals surface area contributed by atoms with Crippen molar-refractivity contribution in [3.8, 4) is 0 Å². The number of anilines is 1. The van der Waals surface area contributed by atoms with Gasteiger partial charge in [-0.2, -0.15) is 0 Å². The number of likely N-dealkylation sites (tertiary alicyclic amines) is 1. The summed E-state index contributed by atoms with van der Waals surface area (Å²) in [6, 6.07) is 1.80. The van der Waals surface area contributed by atoms with E-state index in [1.54, 1.807) is 11.3 Å². The fraction of sp³-hybridized carbons (Fsp3) is 0.588. The summed E-state index contributed by atoms with van der Waals surface area (Å²) < 4.78 is 10.7. The molecular formula is C17H23N5O3S. The number of aryl methyl sites for hydroxylation is 1. The summed E-state index contributed by atoms with van der Waals surface area (Å²) in [5.74, 6) is 0.762. The second kappa shape index (κ2) is 7.63. The summed E-state index contributed by atoms with van der Waals surface area (Å²) in [6.45, 7) is 6.26. The first-order chi connectivity index (χ1) is 12.7. The van der Waals surface area contributed by atoms with E-state index in [0.717, 1.165) is 68.0 Å². The quantitative estimate of drug-likeness (QED) is 0.880. The summed E-state index contributed by atoms with van der Waals surface area (Å²) in [7, 11) is 0. The van der Waals surface area contributed by atoms with E-state index in [1.165, 1.54) is 0 Å². The number of thiazole rings is 1. The third kappa shape index (κ3) is 3.68. The lowest BCUT2D eigenvalue weighted by Crippen LogP contribution is -2.39. The van der Waals surface area contributed by atoms with Crippen LogP contribution in [0.15, 0.2) is 16.0 Å². The van der Waals surface area contributed by atoms with E-state index in [2.05, 4.69) is 20.4 Å². The molecule has 1 unspecified atom stereocenters. The molecule has 26 heavy (non-hydrogen) atoms. The highest BCUT2D eigenvalue weighted by Gasteiger charge is 2.32. The van der Waals surface area contributed by atoms with Crippen molar-refractivity contribution >= 4 is 22.5 Å². The minimum Gasteiger partial charge on any atom is -0.378 e. The fourth-order valence-corrected chi connectivity index (χ4v) is 4.27. The highest BCUT2D eigenvalue weighted by molar-refractivity contribution is 7.13. The second-order valence-corrected chi connectivity index (χ2v) is 7.44. The molecule has 0 saturated carbocycles. The smallest absolute Gasteiger partial charge is 0.318 e. The van der Waals surface area contributed by atoms with Crippen LogP contribution in [0, 0.1) is 6.92 Å². The topological polar surface area (TPSA) is 83.7 Å². The van der Waals surface area contributed by atoms with Gasteiger partial charge in [0.15, 0.2) is 10.9 Å². The molecule has 140 valence electrons. The van der Waals surface area contributed by atoms with Crippen LogP contribution in [0.1, 0.15) is 36.0 Å². The third-order valence-corrected chi connectivity index (χ3v) is 5.68. The van der Waals surface area contributed by atoms with Gasteiger partial charge in [-0.3, -0.25) is 0 Å². The molecule has 0 bridgehead atoms. The number of hydrogen-bond acceptors (Lipinski definition) is 7. The first-order valence-electron chi connectivity index (χ1n) is 8.95. The van der Waals surface area contributed by atoms with Gasteiger partial charge in [0.05, 0.1) is 37.2 Å². The Bertz CT molecular complexity index is 755. The van der Waals surface area contributed by atoms with Gasteiger partial charge < -0.3 is 24.4 Å². The van der Waals surface area contributed by atoms with Crippen molar-refractivity contribution in [1.82, 2.24) is 20.4 Å². The summed E-state index contributed by atoms with van der Waals surface area (Å²) in [5.41, 5.74) is 1.72. The number of morpholine rings is 1. The van der Waals surface area contributed by atoms with Gasteiger partial charge in [-0.15, -0.1) is 11.3 Å². The number of carbonyl (C=O) groups is 1. The van der Waals surface area contributed by atoms with E-state index < -0.39 is 0 Å². The molecule has 2 amide bonds. The maximum absolute atomic E-state index is 12.6. The molecule has 0 aliphatic carbocycles. The molecule has 0 radical (unpaired) electrons. The molecule has 2 saturated heterocycles. The fourth-order valence-electron chi connectivity index (χ4n) is 3.39. The Morgan fingerprint density at radius 2 is 2.23 bits per heavy atom. The molecule has 2 aliphatic rings. The van der Waals surface area contributed by atoms with E-state index in [0.29, 0.717) is 6.54 Å². The minimum atomic E-state index is -0.0810. The maximum Gasteiger partial charge on any atom is 0.318 e. The highest BCUT2D eigenvalue weighted by atomic mass is 32.1. The van der Waals surface area contributed by atoms with Crippen molar-refractivity contribution in [2.24, 2.45) is 0 Å². The Morgan fingerprint density at radius 3 is 3.00 bits per heavy atom. The lowest BCUT2D eigenvalue weighted by molar-refractivity contribution is 0.122. The Hall–Kier alpha value is -2.13. The van der Waals surface area contributed by atoms with E-state index in [1.807, 2.05) is 23.3 Å². The molecule has 1 atom stereocenters. The zero-order valence-electron chi connectivity index (χ0n) is 14.8. The van der Waals surface area contributed by atoms with Crippen LogP contribution < -0.4 is 10.2 Å². The van der Waals surface area contributed by atoms with Crippen molar-refractivity contribution in [3.63, 3.8) is 0 Å². The number of ether oxygens (including phenoxy) is 1. The molecule has 4 heterocycles. The van der Waals surface area contributed by atoms with Gasteiger partial charge >= 0.3 is 6.03 Å². The van der Waals surface area contributed by atoms with Gasteiger partial charge in [0.2, 0.25) is 0 Å². The van der Waals surface area contributed by atoms with E-state index >= 15 is 0 Å². The average Bonchev–Trinajstić information content (AvgIpc) is 3.40. The minimum absolute atomic E-state index is 0.0319. The van der Waals surface area contributed by atoms with Crippen LogP contribution in [0.4, 0.5) is 9.93 Å². The summed E-state index contributed by atoms with van der Waals surface area (Å²) in [4.78, 5) is 21.3. The summed E-state index contributed by atoms with van der Waals surface area (Å²) >= 11 is 1.61. The van der Waals surface area contributed by atoms with Crippen molar-refractivity contribution in [3.05, 3.63) is 28.6 Å². The maximum atomic E-state index is 12.6. The number of rotatable bonds is 4. The molecule has 0 spiro atoms. The molecule has 2 aromatic rings. The SMILES string of the molecule is Cc1cc(C2CCCN2C(=O)NCc2csc(N3CCOCC3)n2)on1. The number of amides is 2. The monoisotopic (exact) mass is 377 g/mol. The Kier molecular flexibility index (Phi) is 5.07. The first-order valence-corrected chi connectivity index (χ1v) is 9.83. The largest absolute Gasteiger partial charge is 0.378 e. The predicted molar refractivity (Wildman–Crippen MR) is 97.3 cm³/mol. The lowest BCUT2D eigenvalue weighted by atomic mass is 10.1. The number of hydrogen-bond donors (Lipinski definition) is 1. The van der Waals surface area contributed by atoms with E-state index in [4.69, 9.17) is 9.26 Å². The van der Waals surface area contributed by atoms with Crippen molar-refractivity contribution in [2.75, 3.05) is 37.7 Å². The van der Waals surface area contributed by atoms with Crippen LogP contribution in [0.5, 0.6) is 0 Å². The molecule has 2 fully saturated rings. The zero-order valence-corrected chi connectivity index (χ0v) is 15.6. The van der Waals surface area contributed by atoms with E-state index in [9.17, 15) is 4.79 Å². The number of urea groups is 1. The Morgan fingerprint density at radius 1 is 1.38 bits per heavy atom. The molecule has 2 aliphatic heterocycles. The number of carbonyl (C=O) groups excluding carboxylic acids is 1. The van der Waals surface area contributed by atoms with Gasteiger partial charge in [-0.05, 0) is 19.8 Å². The van der Waals surface area contributed by atoms with Crippen LogP contribution in [0.25, 0.3) is 0 Å². The molecule has 4 rings (SSSR count).